The molecule has 0 spiro atoms. The second kappa shape index (κ2) is 8.89. The van der Waals surface area contributed by atoms with Gasteiger partial charge in [-0.25, -0.2) is 9.59 Å². The lowest BCUT2D eigenvalue weighted by Crippen LogP contribution is -2.31. The number of para-hydroxylation sites is 1. The van der Waals surface area contributed by atoms with Crippen molar-refractivity contribution in [3.8, 4) is 0 Å². The van der Waals surface area contributed by atoms with E-state index < -0.39 is 17.7 Å². The van der Waals surface area contributed by atoms with Gasteiger partial charge >= 0.3 is 11.9 Å². The van der Waals surface area contributed by atoms with Crippen LogP contribution in [-0.4, -0.2) is 41.4 Å². The molecule has 0 fully saturated rings. The molecule has 3 aromatic rings. The van der Waals surface area contributed by atoms with Gasteiger partial charge in [-0.05, 0) is 30.7 Å². The van der Waals surface area contributed by atoms with Crippen LogP contribution in [0.3, 0.4) is 0 Å². The van der Waals surface area contributed by atoms with Gasteiger partial charge in [0.2, 0.25) is 0 Å². The van der Waals surface area contributed by atoms with Crippen molar-refractivity contribution in [3.63, 3.8) is 0 Å². The van der Waals surface area contributed by atoms with Crippen molar-refractivity contribution in [3.05, 3.63) is 83.2 Å². The van der Waals surface area contributed by atoms with Crippen molar-refractivity contribution < 1.29 is 28.7 Å². The molecule has 8 heteroatoms. The largest absolute Gasteiger partial charge is 0.462 e. The molecule has 0 bridgehead atoms. The number of hydrogen-bond acceptors (Lipinski definition) is 6. The van der Waals surface area contributed by atoms with Crippen LogP contribution >= 0.6 is 0 Å². The fraction of sp³-hybridized carbons (Fsp3) is 0.167. The average molecular weight is 432 g/mol. The first-order valence-corrected chi connectivity index (χ1v) is 10.0. The fourth-order valence-corrected chi connectivity index (χ4v) is 3.49. The summed E-state index contributed by atoms with van der Waals surface area (Å²) < 4.78 is 11.6. The number of ketones is 1. The molecule has 0 unspecified atom stereocenters. The Hall–Kier alpha value is -4.20. The Kier molecular flexibility index (Phi) is 5.85. The maximum Gasteiger partial charge on any atom is 0.338 e. The van der Waals surface area contributed by atoms with Crippen molar-refractivity contribution in [1.82, 2.24) is 9.88 Å². The summed E-state index contributed by atoms with van der Waals surface area (Å²) in [5.41, 5.74) is 2.67. The van der Waals surface area contributed by atoms with Crippen molar-refractivity contribution in [2.24, 2.45) is 0 Å². The molecular formula is C24H20N2O6. The molecular weight excluding hydrogens is 412 g/mol. The van der Waals surface area contributed by atoms with E-state index in [-0.39, 0.29) is 23.8 Å². The maximum absolute atomic E-state index is 12.8. The number of carbonyl (C=O) groups is 4. The predicted molar refractivity (Wildman–Crippen MR) is 115 cm³/mol. The zero-order valence-electron chi connectivity index (χ0n) is 17.3. The van der Waals surface area contributed by atoms with Crippen LogP contribution in [0.5, 0.6) is 0 Å². The van der Waals surface area contributed by atoms with Gasteiger partial charge in [-0.15, -0.1) is 0 Å². The Morgan fingerprint density at radius 3 is 2.53 bits per heavy atom. The van der Waals surface area contributed by atoms with E-state index in [1.807, 2.05) is 28.8 Å². The minimum atomic E-state index is -0.837. The van der Waals surface area contributed by atoms with Crippen LogP contribution in [0.15, 0.2) is 66.5 Å². The molecule has 2 aromatic carbocycles. The van der Waals surface area contributed by atoms with Crippen LogP contribution in [0, 0.1) is 0 Å². The minimum Gasteiger partial charge on any atom is -0.462 e. The van der Waals surface area contributed by atoms with E-state index in [1.54, 1.807) is 37.4 Å². The molecule has 1 aromatic heterocycles. The molecule has 1 aliphatic rings. The summed E-state index contributed by atoms with van der Waals surface area (Å²) in [6, 6.07) is 14.3. The highest BCUT2D eigenvalue weighted by Gasteiger charge is 2.24. The van der Waals surface area contributed by atoms with Gasteiger partial charge in [0, 0.05) is 29.7 Å². The van der Waals surface area contributed by atoms with Gasteiger partial charge in [-0.3, -0.25) is 9.59 Å². The first-order chi connectivity index (χ1) is 15.5. The monoisotopic (exact) mass is 432 g/mol. The van der Waals surface area contributed by atoms with E-state index in [2.05, 4.69) is 5.32 Å². The van der Waals surface area contributed by atoms with Crippen molar-refractivity contribution in [2.75, 3.05) is 13.2 Å². The van der Waals surface area contributed by atoms with E-state index in [0.29, 0.717) is 24.1 Å². The molecule has 0 aliphatic carbocycles. The van der Waals surface area contributed by atoms with E-state index in [4.69, 9.17) is 9.47 Å². The number of Topliss-reactive ketones (excluding diaryl/α,β-unsaturated/α-hetero) is 1. The predicted octanol–water partition coefficient (Wildman–Crippen LogP) is 2.61. The third-order valence-corrected chi connectivity index (χ3v) is 4.99. The normalized spacial score (nSPS) is 12.9. The van der Waals surface area contributed by atoms with Gasteiger partial charge in [-0.2, -0.15) is 0 Å². The van der Waals surface area contributed by atoms with Crippen molar-refractivity contribution >= 4 is 34.5 Å². The quantitative estimate of drug-likeness (QED) is 0.350. The number of ether oxygens (including phenoxy) is 2. The zero-order chi connectivity index (χ0) is 22.7. The molecule has 0 saturated heterocycles. The highest BCUT2D eigenvalue weighted by Crippen LogP contribution is 2.23. The number of benzene rings is 2. The average Bonchev–Trinajstić information content (AvgIpc) is 3.37. The first kappa shape index (κ1) is 21.0. The number of nitrogens with one attached hydrogen (secondary N) is 1. The van der Waals surface area contributed by atoms with Crippen LogP contribution in [0.25, 0.3) is 10.9 Å². The molecule has 0 atom stereocenters. The van der Waals surface area contributed by atoms with Gasteiger partial charge in [-0.1, -0.05) is 30.3 Å². The summed E-state index contributed by atoms with van der Waals surface area (Å²) in [5, 5.41) is 3.07. The van der Waals surface area contributed by atoms with Gasteiger partial charge in [0.25, 0.3) is 11.7 Å². The number of hydrogen-bond donors (Lipinski definition) is 1. The second-order valence-electron chi connectivity index (χ2n) is 7.17. The van der Waals surface area contributed by atoms with Crippen LogP contribution in [0.1, 0.15) is 33.2 Å². The topological polar surface area (TPSA) is 104 Å². The maximum atomic E-state index is 12.8. The Labute approximate surface area is 183 Å². The highest BCUT2D eigenvalue weighted by molar-refractivity contribution is 6.45. The summed E-state index contributed by atoms with van der Waals surface area (Å²) in [5.74, 6) is -2.48. The molecule has 1 N–H and O–H groups in total. The SMILES string of the molecule is CCOC(=O)c1ccc(Cn2cc(C(=O)C(=O)NC3=CC(=O)OC3)c3ccccc32)cc1. The number of carbonyl (C=O) groups excluding carboxylic acids is 4. The molecule has 0 saturated carbocycles. The molecule has 1 aliphatic heterocycles. The molecule has 162 valence electrons. The van der Waals surface area contributed by atoms with Gasteiger partial charge in [0.15, 0.2) is 0 Å². The lowest BCUT2D eigenvalue weighted by atomic mass is 10.1. The molecule has 8 nitrogen and oxygen atoms in total. The number of fused-ring (bicyclic) bond motifs is 1. The van der Waals surface area contributed by atoms with Gasteiger partial charge < -0.3 is 19.4 Å². The summed E-state index contributed by atoms with van der Waals surface area (Å²) >= 11 is 0. The van der Waals surface area contributed by atoms with E-state index in [0.717, 1.165) is 17.2 Å². The lowest BCUT2D eigenvalue weighted by Gasteiger charge is -2.07. The van der Waals surface area contributed by atoms with E-state index >= 15 is 0 Å². The Bertz CT molecular complexity index is 1250. The van der Waals surface area contributed by atoms with E-state index in [9.17, 15) is 19.2 Å². The van der Waals surface area contributed by atoms with Crippen LogP contribution in [0.2, 0.25) is 0 Å². The van der Waals surface area contributed by atoms with Crippen LogP contribution in [-0.2, 0) is 25.6 Å². The lowest BCUT2D eigenvalue weighted by molar-refractivity contribution is -0.135. The Morgan fingerprint density at radius 1 is 1.09 bits per heavy atom. The number of esters is 2. The van der Waals surface area contributed by atoms with Crippen molar-refractivity contribution in [1.29, 1.82) is 0 Å². The molecule has 1 amide bonds. The van der Waals surface area contributed by atoms with Gasteiger partial charge in [0.1, 0.15) is 6.61 Å². The molecule has 4 rings (SSSR count). The standard InChI is InChI=1S/C24H20N2O6/c1-2-31-24(30)16-9-7-15(8-10-16)12-26-13-19(18-5-3-4-6-20(18)26)22(28)23(29)25-17-11-21(27)32-14-17/h3-11,13H,2,12,14H2,1H3,(H,25,29). The summed E-state index contributed by atoms with van der Waals surface area (Å²) in [6.07, 6.45) is 2.78. The molecule has 2 heterocycles. The number of rotatable bonds is 7. The first-order valence-electron chi connectivity index (χ1n) is 10.0. The fourth-order valence-electron chi connectivity index (χ4n) is 3.49. The second-order valence-corrected chi connectivity index (χ2v) is 7.17. The van der Waals surface area contributed by atoms with E-state index in [1.165, 1.54) is 0 Å². The number of nitrogens with zero attached hydrogens (tertiary/aromatic N) is 1. The summed E-state index contributed by atoms with van der Waals surface area (Å²) in [7, 11) is 0. The number of cyclic esters (lactones) is 1. The number of amides is 1. The third kappa shape index (κ3) is 4.29. The molecule has 0 radical (unpaired) electrons. The van der Waals surface area contributed by atoms with Gasteiger partial charge in [0.05, 0.1) is 23.4 Å². The third-order valence-electron chi connectivity index (χ3n) is 4.99. The highest BCUT2D eigenvalue weighted by atomic mass is 16.5. The summed E-state index contributed by atoms with van der Waals surface area (Å²) in [4.78, 5) is 48.3. The minimum absolute atomic E-state index is 0.0680. The Balaban J connectivity index is 1.58. The zero-order valence-corrected chi connectivity index (χ0v) is 17.3. The van der Waals surface area contributed by atoms with Crippen molar-refractivity contribution in [2.45, 2.75) is 13.5 Å². The van der Waals surface area contributed by atoms with Crippen LogP contribution < -0.4 is 5.32 Å². The smallest absolute Gasteiger partial charge is 0.338 e. The molecule has 32 heavy (non-hydrogen) atoms. The Morgan fingerprint density at radius 2 is 1.84 bits per heavy atom. The number of aromatic nitrogens is 1. The van der Waals surface area contributed by atoms with Crippen LogP contribution in [0.4, 0.5) is 0 Å². The summed E-state index contributed by atoms with van der Waals surface area (Å²) in [6.45, 7) is 2.43.